The molecule has 2 heterocycles. The Morgan fingerprint density at radius 2 is 1.62 bits per heavy atom. The number of hydrogen-bond acceptors (Lipinski definition) is 5. The van der Waals surface area contributed by atoms with Gasteiger partial charge in [0.05, 0.1) is 0 Å². The molecule has 4 rings (SSSR count). The number of piperidine rings is 1. The lowest BCUT2D eigenvalue weighted by Gasteiger charge is -2.35. The number of amides is 3. The monoisotopic (exact) mass is 465 g/mol. The average molecular weight is 466 g/mol. The Morgan fingerprint density at radius 1 is 0.941 bits per heavy atom. The molecule has 1 fully saturated rings. The summed E-state index contributed by atoms with van der Waals surface area (Å²) in [7, 11) is 0. The molecule has 180 valence electrons. The van der Waals surface area contributed by atoms with Gasteiger partial charge in [-0.25, -0.2) is 4.79 Å². The van der Waals surface area contributed by atoms with Crippen molar-refractivity contribution in [3.8, 4) is 11.5 Å². The van der Waals surface area contributed by atoms with E-state index in [1.165, 1.54) is 0 Å². The van der Waals surface area contributed by atoms with Crippen molar-refractivity contribution in [2.24, 2.45) is 11.8 Å². The number of nitrogens with zero attached hydrogens (tertiary/aromatic N) is 1. The van der Waals surface area contributed by atoms with Crippen LogP contribution < -0.4 is 20.1 Å². The summed E-state index contributed by atoms with van der Waals surface area (Å²) in [5, 5.41) is 5.58. The summed E-state index contributed by atoms with van der Waals surface area (Å²) >= 11 is 0. The quantitative estimate of drug-likeness (QED) is 0.634. The summed E-state index contributed by atoms with van der Waals surface area (Å²) < 4.78 is 11.1. The van der Waals surface area contributed by atoms with Gasteiger partial charge < -0.3 is 25.0 Å². The molecule has 0 aromatic heterocycles. The van der Waals surface area contributed by atoms with Crippen LogP contribution in [0.5, 0.6) is 11.5 Å². The van der Waals surface area contributed by atoms with Gasteiger partial charge in [0, 0.05) is 30.3 Å². The number of carbonyl (C=O) groups excluding carboxylic acids is 3. The topological polar surface area (TPSA) is 97.0 Å². The Balaban J connectivity index is 1.33. The smallest absolute Gasteiger partial charge is 0.319 e. The number of likely N-dealkylation sites (tertiary alicyclic amines) is 1. The maximum absolute atomic E-state index is 13.2. The molecular formula is C26H31N3O5. The van der Waals surface area contributed by atoms with E-state index in [0.717, 1.165) is 0 Å². The fourth-order valence-electron chi connectivity index (χ4n) is 4.33. The number of ether oxygens (including phenoxy) is 2. The number of fused-ring (bicyclic) bond motifs is 1. The van der Waals surface area contributed by atoms with Crippen molar-refractivity contribution in [3.63, 3.8) is 0 Å². The van der Waals surface area contributed by atoms with E-state index in [-0.39, 0.29) is 23.5 Å². The highest BCUT2D eigenvalue weighted by molar-refractivity contribution is 5.99. The second kappa shape index (κ2) is 10.6. The lowest BCUT2D eigenvalue weighted by molar-refractivity contribution is -0.135. The molecule has 0 aliphatic carbocycles. The molecular weight excluding hydrogens is 434 g/mol. The molecule has 0 unspecified atom stereocenters. The highest BCUT2D eigenvalue weighted by Gasteiger charge is 2.33. The first-order chi connectivity index (χ1) is 16.4. The van der Waals surface area contributed by atoms with E-state index < -0.39 is 12.1 Å². The van der Waals surface area contributed by atoms with Crippen molar-refractivity contribution in [3.05, 3.63) is 54.1 Å². The van der Waals surface area contributed by atoms with Gasteiger partial charge in [-0.3, -0.25) is 9.59 Å². The van der Waals surface area contributed by atoms with Crippen LogP contribution in [0.3, 0.4) is 0 Å². The maximum Gasteiger partial charge on any atom is 0.319 e. The molecule has 2 aliphatic heterocycles. The Bertz CT molecular complexity index is 1030. The van der Waals surface area contributed by atoms with Gasteiger partial charge >= 0.3 is 6.03 Å². The molecule has 2 N–H and O–H groups in total. The zero-order chi connectivity index (χ0) is 24.1. The molecule has 0 radical (unpaired) electrons. The van der Waals surface area contributed by atoms with Crippen molar-refractivity contribution in [1.82, 2.24) is 10.2 Å². The van der Waals surface area contributed by atoms with Gasteiger partial charge in [0.15, 0.2) is 17.3 Å². The minimum absolute atomic E-state index is 0.0600. The van der Waals surface area contributed by atoms with Crippen LogP contribution in [0.4, 0.5) is 10.5 Å². The lowest BCUT2D eigenvalue weighted by atomic mass is 9.88. The third-order valence-electron chi connectivity index (χ3n) is 6.26. The second-order valence-corrected chi connectivity index (χ2v) is 9.01. The molecule has 1 saturated heterocycles. The van der Waals surface area contributed by atoms with E-state index in [9.17, 15) is 14.4 Å². The minimum atomic E-state index is -0.645. The van der Waals surface area contributed by atoms with Gasteiger partial charge in [0.2, 0.25) is 5.91 Å². The van der Waals surface area contributed by atoms with Crippen LogP contribution in [0.2, 0.25) is 0 Å². The molecule has 8 heteroatoms. The average Bonchev–Trinajstić information content (AvgIpc) is 2.86. The summed E-state index contributed by atoms with van der Waals surface area (Å²) in [6.45, 7) is 5.75. The Labute approximate surface area is 199 Å². The summed E-state index contributed by atoms with van der Waals surface area (Å²) in [6, 6.07) is 13.3. The molecule has 1 atom stereocenters. The van der Waals surface area contributed by atoms with Crippen LogP contribution in [-0.4, -0.2) is 55.0 Å². The standard InChI is InChI=1S/C26H31N3O5/c1-17(2)23(28-26(32)27-20-6-4-3-5-7-20)25(31)29-12-10-18(11-13-29)24(30)19-8-9-21-22(16-19)34-15-14-33-21/h3-9,16-18,23H,10-15H2,1-2H3,(H2,27,28,32)/t23-/m1/s1. The molecule has 2 aliphatic rings. The normalized spacial score (nSPS) is 16.6. The van der Waals surface area contributed by atoms with Crippen molar-refractivity contribution >= 4 is 23.4 Å². The van der Waals surface area contributed by atoms with E-state index >= 15 is 0 Å². The predicted molar refractivity (Wildman–Crippen MR) is 128 cm³/mol. The number of ketones is 1. The van der Waals surface area contributed by atoms with Crippen LogP contribution in [0.25, 0.3) is 0 Å². The van der Waals surface area contributed by atoms with E-state index in [2.05, 4.69) is 10.6 Å². The Kier molecular flexibility index (Phi) is 7.35. The molecule has 0 bridgehead atoms. The SMILES string of the molecule is CC(C)[C@@H](NC(=O)Nc1ccccc1)C(=O)N1CCC(C(=O)c2ccc3c(c2)OCCO3)CC1. The first-order valence-electron chi connectivity index (χ1n) is 11.8. The fourth-order valence-corrected chi connectivity index (χ4v) is 4.33. The number of Topliss-reactive ketones (excluding diaryl/α,β-unsaturated/α-hetero) is 1. The van der Waals surface area contributed by atoms with Gasteiger partial charge in [-0.05, 0) is 49.1 Å². The molecule has 0 saturated carbocycles. The zero-order valence-electron chi connectivity index (χ0n) is 19.6. The molecule has 34 heavy (non-hydrogen) atoms. The van der Waals surface area contributed by atoms with Gasteiger partial charge in [-0.2, -0.15) is 0 Å². The van der Waals surface area contributed by atoms with Crippen molar-refractivity contribution < 1.29 is 23.9 Å². The van der Waals surface area contributed by atoms with E-state index in [4.69, 9.17) is 9.47 Å². The van der Waals surface area contributed by atoms with Crippen molar-refractivity contribution in [2.45, 2.75) is 32.7 Å². The van der Waals surface area contributed by atoms with Gasteiger partial charge in [-0.15, -0.1) is 0 Å². The fraction of sp³-hybridized carbons (Fsp3) is 0.423. The number of anilines is 1. The van der Waals surface area contributed by atoms with Crippen LogP contribution in [-0.2, 0) is 4.79 Å². The highest BCUT2D eigenvalue weighted by atomic mass is 16.6. The minimum Gasteiger partial charge on any atom is -0.486 e. The van der Waals surface area contributed by atoms with Crippen molar-refractivity contribution in [2.75, 3.05) is 31.6 Å². The molecule has 3 amide bonds. The molecule has 8 nitrogen and oxygen atoms in total. The molecule has 2 aromatic rings. The maximum atomic E-state index is 13.2. The first-order valence-corrected chi connectivity index (χ1v) is 11.8. The highest BCUT2D eigenvalue weighted by Crippen LogP contribution is 2.32. The number of rotatable bonds is 6. The first kappa shape index (κ1) is 23.6. The van der Waals surface area contributed by atoms with E-state index in [1.54, 1.807) is 35.2 Å². The molecule has 0 spiro atoms. The third-order valence-corrected chi connectivity index (χ3v) is 6.26. The lowest BCUT2D eigenvalue weighted by Crippen LogP contribution is -2.54. The van der Waals surface area contributed by atoms with Crippen LogP contribution >= 0.6 is 0 Å². The number of nitrogens with one attached hydrogen (secondary N) is 2. The largest absolute Gasteiger partial charge is 0.486 e. The second-order valence-electron chi connectivity index (χ2n) is 9.01. The zero-order valence-corrected chi connectivity index (χ0v) is 19.6. The van der Waals surface area contributed by atoms with Gasteiger partial charge in [0.1, 0.15) is 19.3 Å². The number of carbonyl (C=O) groups is 3. The number of para-hydroxylation sites is 1. The van der Waals surface area contributed by atoms with Gasteiger partial charge in [-0.1, -0.05) is 32.0 Å². The van der Waals surface area contributed by atoms with Gasteiger partial charge in [0.25, 0.3) is 0 Å². The number of hydrogen-bond donors (Lipinski definition) is 2. The predicted octanol–water partition coefficient (Wildman–Crippen LogP) is 3.73. The van der Waals surface area contributed by atoms with Crippen LogP contribution in [0.1, 0.15) is 37.0 Å². The molecule has 2 aromatic carbocycles. The number of urea groups is 1. The number of benzene rings is 2. The van der Waals surface area contributed by atoms with E-state index in [0.29, 0.717) is 61.9 Å². The summed E-state index contributed by atoms with van der Waals surface area (Å²) in [4.78, 5) is 40.5. The summed E-state index contributed by atoms with van der Waals surface area (Å²) in [5.74, 6) is 0.967. The Morgan fingerprint density at radius 3 is 2.29 bits per heavy atom. The Hall–Kier alpha value is -3.55. The van der Waals surface area contributed by atoms with E-state index in [1.807, 2.05) is 32.0 Å². The van der Waals surface area contributed by atoms with Crippen LogP contribution in [0.15, 0.2) is 48.5 Å². The van der Waals surface area contributed by atoms with Crippen LogP contribution in [0, 0.1) is 11.8 Å². The third kappa shape index (κ3) is 5.50. The van der Waals surface area contributed by atoms with Crippen molar-refractivity contribution in [1.29, 1.82) is 0 Å². The summed E-state index contributed by atoms with van der Waals surface area (Å²) in [6.07, 6.45) is 1.17. The summed E-state index contributed by atoms with van der Waals surface area (Å²) in [5.41, 5.74) is 1.27.